The maximum atomic E-state index is 13.6. The monoisotopic (exact) mass is 237 g/mol. The molecule has 0 aliphatic carbocycles. The van der Waals surface area contributed by atoms with E-state index in [1.807, 2.05) is 0 Å². The molecule has 1 aliphatic rings. The Kier molecular flexibility index (Phi) is 2.77. The molecule has 0 saturated heterocycles. The predicted octanol–water partition coefficient (Wildman–Crippen LogP) is 1.10. The van der Waals surface area contributed by atoms with Crippen molar-refractivity contribution < 1.29 is 13.6 Å². The van der Waals surface area contributed by atoms with Crippen molar-refractivity contribution in [1.29, 1.82) is 5.26 Å². The summed E-state index contributed by atoms with van der Waals surface area (Å²) in [6.45, 7) is -0.229. The SMILES string of the molecule is CNC1C(=O)N(CC#N)c2cc(F)cc(F)c21. The van der Waals surface area contributed by atoms with Gasteiger partial charge in [-0.25, -0.2) is 8.78 Å². The molecule has 1 unspecified atom stereocenters. The van der Waals surface area contributed by atoms with Crippen LogP contribution in [0.5, 0.6) is 0 Å². The summed E-state index contributed by atoms with van der Waals surface area (Å²) in [5, 5.41) is 11.3. The highest BCUT2D eigenvalue weighted by Gasteiger charge is 2.38. The van der Waals surface area contributed by atoms with Crippen LogP contribution in [0.3, 0.4) is 0 Å². The van der Waals surface area contributed by atoms with Gasteiger partial charge in [-0.3, -0.25) is 9.69 Å². The van der Waals surface area contributed by atoms with Crippen LogP contribution in [0.4, 0.5) is 14.5 Å². The molecule has 2 rings (SSSR count). The molecule has 1 N–H and O–H groups in total. The fourth-order valence-corrected chi connectivity index (χ4v) is 1.98. The smallest absolute Gasteiger partial charge is 0.249 e. The number of benzene rings is 1. The molecule has 1 aromatic rings. The third kappa shape index (κ3) is 1.65. The molecule has 1 atom stereocenters. The first kappa shape index (κ1) is 11.5. The second kappa shape index (κ2) is 4.11. The maximum Gasteiger partial charge on any atom is 0.249 e. The molecule has 88 valence electrons. The number of nitrogens with one attached hydrogen (secondary N) is 1. The van der Waals surface area contributed by atoms with Gasteiger partial charge >= 0.3 is 0 Å². The average Bonchev–Trinajstić information content (AvgIpc) is 2.53. The first-order chi connectivity index (χ1) is 8.10. The van der Waals surface area contributed by atoms with Crippen LogP contribution >= 0.6 is 0 Å². The molecule has 17 heavy (non-hydrogen) atoms. The summed E-state index contributed by atoms with van der Waals surface area (Å²) < 4.78 is 26.7. The van der Waals surface area contributed by atoms with Gasteiger partial charge in [-0.05, 0) is 13.1 Å². The van der Waals surface area contributed by atoms with E-state index in [0.717, 1.165) is 17.0 Å². The van der Waals surface area contributed by atoms with Gasteiger partial charge in [0.05, 0.1) is 11.8 Å². The molecular weight excluding hydrogens is 228 g/mol. The molecule has 0 fully saturated rings. The summed E-state index contributed by atoms with van der Waals surface area (Å²) in [5.74, 6) is -2.00. The van der Waals surface area contributed by atoms with Gasteiger partial charge in [-0.15, -0.1) is 0 Å². The Morgan fingerprint density at radius 2 is 2.24 bits per heavy atom. The Hall–Kier alpha value is -2.00. The first-order valence-electron chi connectivity index (χ1n) is 4.94. The molecule has 4 nitrogen and oxygen atoms in total. The summed E-state index contributed by atoms with van der Waals surface area (Å²) in [6.07, 6.45) is 0. The largest absolute Gasteiger partial charge is 0.305 e. The van der Waals surface area contributed by atoms with Crippen molar-refractivity contribution in [2.75, 3.05) is 18.5 Å². The van der Waals surface area contributed by atoms with Crippen molar-refractivity contribution in [2.24, 2.45) is 0 Å². The highest BCUT2D eigenvalue weighted by molar-refractivity contribution is 6.05. The van der Waals surface area contributed by atoms with E-state index in [0.29, 0.717) is 0 Å². The number of carbonyl (C=O) groups is 1. The highest BCUT2D eigenvalue weighted by atomic mass is 19.1. The van der Waals surface area contributed by atoms with E-state index in [2.05, 4.69) is 5.32 Å². The van der Waals surface area contributed by atoms with Crippen LogP contribution in [0, 0.1) is 23.0 Å². The van der Waals surface area contributed by atoms with Gasteiger partial charge < -0.3 is 5.32 Å². The summed E-state index contributed by atoms with van der Waals surface area (Å²) >= 11 is 0. The fraction of sp³-hybridized carbons (Fsp3) is 0.273. The third-order valence-corrected chi connectivity index (χ3v) is 2.68. The number of fused-ring (bicyclic) bond motifs is 1. The summed E-state index contributed by atoms with van der Waals surface area (Å²) in [7, 11) is 1.50. The molecule has 0 radical (unpaired) electrons. The summed E-state index contributed by atoms with van der Waals surface area (Å²) in [5.41, 5.74) is 0.211. The van der Waals surface area contributed by atoms with Gasteiger partial charge in [0.1, 0.15) is 24.2 Å². The first-order valence-corrected chi connectivity index (χ1v) is 4.94. The van der Waals surface area contributed by atoms with E-state index in [4.69, 9.17) is 5.26 Å². The molecule has 1 amide bonds. The van der Waals surface area contributed by atoms with Crippen LogP contribution in [-0.4, -0.2) is 19.5 Å². The van der Waals surface area contributed by atoms with Crippen molar-refractivity contribution in [3.8, 4) is 6.07 Å². The Balaban J connectivity index is 2.61. The van der Waals surface area contributed by atoms with Crippen LogP contribution in [-0.2, 0) is 4.79 Å². The van der Waals surface area contributed by atoms with Crippen LogP contribution in [0.2, 0.25) is 0 Å². The summed E-state index contributed by atoms with van der Waals surface area (Å²) in [4.78, 5) is 12.9. The number of hydrogen-bond acceptors (Lipinski definition) is 3. The molecule has 6 heteroatoms. The molecule has 1 aliphatic heterocycles. The van der Waals surface area contributed by atoms with Crippen molar-refractivity contribution >= 4 is 11.6 Å². The lowest BCUT2D eigenvalue weighted by Crippen LogP contribution is -2.33. The highest BCUT2D eigenvalue weighted by Crippen LogP contribution is 2.37. The minimum Gasteiger partial charge on any atom is -0.305 e. The van der Waals surface area contributed by atoms with E-state index in [-0.39, 0.29) is 17.8 Å². The second-order valence-electron chi connectivity index (χ2n) is 3.62. The van der Waals surface area contributed by atoms with E-state index >= 15 is 0 Å². The number of amides is 1. The lowest BCUT2D eigenvalue weighted by molar-refractivity contribution is -0.119. The van der Waals surface area contributed by atoms with E-state index in [1.54, 1.807) is 6.07 Å². The Bertz CT molecular complexity index is 524. The number of hydrogen-bond donors (Lipinski definition) is 1. The Morgan fingerprint density at radius 1 is 1.53 bits per heavy atom. The van der Waals surface area contributed by atoms with Crippen molar-refractivity contribution in [3.63, 3.8) is 0 Å². The molecule has 0 bridgehead atoms. The zero-order chi connectivity index (χ0) is 12.6. The van der Waals surface area contributed by atoms with Crippen LogP contribution in [0.15, 0.2) is 12.1 Å². The molecule has 0 saturated carbocycles. The zero-order valence-corrected chi connectivity index (χ0v) is 9.00. The number of nitriles is 1. The molecule has 0 aromatic heterocycles. The van der Waals surface area contributed by atoms with E-state index in [1.165, 1.54) is 7.05 Å². The number of likely N-dealkylation sites (N-methyl/N-ethyl adjacent to an activating group) is 1. The maximum absolute atomic E-state index is 13.6. The van der Waals surface area contributed by atoms with Crippen molar-refractivity contribution in [2.45, 2.75) is 6.04 Å². The minimum atomic E-state index is -0.862. The van der Waals surface area contributed by atoms with Gasteiger partial charge in [0.25, 0.3) is 0 Å². The summed E-state index contributed by atoms with van der Waals surface area (Å²) in [6, 6.07) is 2.72. The van der Waals surface area contributed by atoms with Crippen LogP contribution in [0.1, 0.15) is 11.6 Å². The van der Waals surface area contributed by atoms with Gasteiger partial charge in [-0.1, -0.05) is 0 Å². The minimum absolute atomic E-state index is 0.0918. The van der Waals surface area contributed by atoms with Crippen molar-refractivity contribution in [3.05, 3.63) is 29.3 Å². The average molecular weight is 237 g/mol. The van der Waals surface area contributed by atoms with Gasteiger partial charge in [0.15, 0.2) is 0 Å². The number of nitrogens with zero attached hydrogens (tertiary/aromatic N) is 2. The fourth-order valence-electron chi connectivity index (χ4n) is 1.98. The standard InChI is InChI=1S/C11H9F2N3O/c1-15-10-9-7(13)4-6(12)5-8(9)16(3-2-14)11(10)17/h4-5,10,15H,3H2,1H3. The Labute approximate surface area is 96.4 Å². The molecular formula is C11H9F2N3O. The quantitative estimate of drug-likeness (QED) is 0.783. The number of halogens is 2. The number of carbonyl (C=O) groups excluding carboxylic acids is 1. The molecule has 1 heterocycles. The topological polar surface area (TPSA) is 56.1 Å². The molecule has 1 aromatic carbocycles. The number of rotatable bonds is 2. The predicted molar refractivity (Wildman–Crippen MR) is 56.1 cm³/mol. The van der Waals surface area contributed by atoms with Gasteiger partial charge in [0.2, 0.25) is 5.91 Å². The second-order valence-corrected chi connectivity index (χ2v) is 3.62. The van der Waals surface area contributed by atoms with E-state index in [9.17, 15) is 13.6 Å². The van der Waals surface area contributed by atoms with E-state index < -0.39 is 23.6 Å². The van der Waals surface area contributed by atoms with Gasteiger partial charge in [0, 0.05) is 11.6 Å². The van der Waals surface area contributed by atoms with Crippen molar-refractivity contribution in [1.82, 2.24) is 5.32 Å². The zero-order valence-electron chi connectivity index (χ0n) is 9.00. The lowest BCUT2D eigenvalue weighted by atomic mass is 10.1. The number of anilines is 1. The lowest BCUT2D eigenvalue weighted by Gasteiger charge is -2.13. The normalized spacial score (nSPS) is 18.1. The Morgan fingerprint density at radius 3 is 2.82 bits per heavy atom. The van der Waals surface area contributed by atoms with Gasteiger partial charge in [-0.2, -0.15) is 5.26 Å². The third-order valence-electron chi connectivity index (χ3n) is 2.68. The van der Waals surface area contributed by atoms with Crippen LogP contribution in [0.25, 0.3) is 0 Å². The molecule has 0 spiro atoms. The van der Waals surface area contributed by atoms with Crippen LogP contribution < -0.4 is 10.2 Å².